The van der Waals surface area contributed by atoms with Crippen LogP contribution in [0.2, 0.25) is 5.02 Å². The molecule has 0 bridgehead atoms. The number of thioether (sulfide) groups is 1. The van der Waals surface area contributed by atoms with Crippen LogP contribution in [0.1, 0.15) is 24.5 Å². The lowest BCUT2D eigenvalue weighted by Gasteiger charge is -2.31. The van der Waals surface area contributed by atoms with Crippen molar-refractivity contribution in [2.24, 2.45) is 0 Å². The molecule has 0 saturated heterocycles. The second-order valence-corrected chi connectivity index (χ2v) is 9.26. The zero-order valence-electron chi connectivity index (χ0n) is 18.7. The Morgan fingerprint density at radius 1 is 0.909 bits per heavy atom. The molecule has 0 aromatic heterocycles. The Kier molecular flexibility index (Phi) is 9.85. The van der Waals surface area contributed by atoms with Gasteiger partial charge in [0.25, 0.3) is 0 Å². The number of likely N-dealkylation sites (N-methyl/N-ethyl adjacent to an activating group) is 1. The van der Waals surface area contributed by atoms with Crippen molar-refractivity contribution in [2.75, 3.05) is 12.3 Å². The Labute approximate surface area is 205 Å². The molecule has 0 fully saturated rings. The van der Waals surface area contributed by atoms with Gasteiger partial charge in [0.2, 0.25) is 11.8 Å². The van der Waals surface area contributed by atoms with Crippen LogP contribution in [0.4, 0.5) is 0 Å². The zero-order valence-corrected chi connectivity index (χ0v) is 20.3. The maximum Gasteiger partial charge on any atom is 0.243 e. The van der Waals surface area contributed by atoms with Gasteiger partial charge in [-0.1, -0.05) is 72.3 Å². The number of carbonyl (C=O) groups is 2. The van der Waals surface area contributed by atoms with E-state index in [1.54, 1.807) is 16.7 Å². The third kappa shape index (κ3) is 7.95. The highest BCUT2D eigenvalue weighted by atomic mass is 35.5. The average molecular weight is 481 g/mol. The summed E-state index contributed by atoms with van der Waals surface area (Å²) in [4.78, 5) is 29.4. The summed E-state index contributed by atoms with van der Waals surface area (Å²) in [6.07, 6.45) is 0.801. The van der Waals surface area contributed by atoms with Crippen molar-refractivity contribution >= 4 is 35.2 Å². The summed E-state index contributed by atoms with van der Waals surface area (Å²) in [5, 5.41) is 3.56. The minimum Gasteiger partial charge on any atom is -0.355 e. The number of hydrogen-bond donors (Lipinski definition) is 1. The number of hydrogen-bond acceptors (Lipinski definition) is 3. The lowest BCUT2D eigenvalue weighted by Crippen LogP contribution is -2.50. The molecule has 6 heteroatoms. The molecule has 3 aromatic carbocycles. The topological polar surface area (TPSA) is 49.4 Å². The number of nitrogens with one attached hydrogen (secondary N) is 1. The fraction of sp³-hybridized carbons (Fsp3) is 0.259. The van der Waals surface area contributed by atoms with Gasteiger partial charge in [-0.3, -0.25) is 9.59 Å². The van der Waals surface area contributed by atoms with E-state index in [1.807, 2.05) is 91.9 Å². The first-order valence-electron chi connectivity index (χ1n) is 11.1. The van der Waals surface area contributed by atoms with Gasteiger partial charge >= 0.3 is 0 Å². The summed E-state index contributed by atoms with van der Waals surface area (Å²) in [7, 11) is 0. The largest absolute Gasteiger partial charge is 0.355 e. The fourth-order valence-electron chi connectivity index (χ4n) is 3.55. The summed E-state index contributed by atoms with van der Waals surface area (Å²) in [6.45, 7) is 2.75. The Balaban J connectivity index is 1.81. The highest BCUT2D eigenvalue weighted by molar-refractivity contribution is 7.99. The molecular formula is C27H29ClN2O2S. The number of amides is 2. The highest BCUT2D eigenvalue weighted by Gasteiger charge is 2.29. The maximum atomic E-state index is 13.5. The van der Waals surface area contributed by atoms with E-state index in [-0.39, 0.29) is 11.8 Å². The molecule has 1 unspecified atom stereocenters. The smallest absolute Gasteiger partial charge is 0.243 e. The first kappa shape index (κ1) is 24.9. The Bertz CT molecular complexity index is 1010. The van der Waals surface area contributed by atoms with E-state index in [9.17, 15) is 9.59 Å². The lowest BCUT2D eigenvalue weighted by atomic mass is 10.0. The predicted molar refractivity (Wildman–Crippen MR) is 136 cm³/mol. The number of halogens is 1. The van der Waals surface area contributed by atoms with E-state index in [1.165, 1.54) is 0 Å². The van der Waals surface area contributed by atoms with Gasteiger partial charge in [-0.2, -0.15) is 0 Å². The second-order valence-electron chi connectivity index (χ2n) is 7.66. The monoisotopic (exact) mass is 480 g/mol. The van der Waals surface area contributed by atoms with Crippen molar-refractivity contribution in [3.8, 4) is 0 Å². The van der Waals surface area contributed by atoms with E-state index in [4.69, 9.17) is 11.6 Å². The van der Waals surface area contributed by atoms with E-state index in [2.05, 4.69) is 5.32 Å². The van der Waals surface area contributed by atoms with Gasteiger partial charge in [-0.15, -0.1) is 11.8 Å². The van der Waals surface area contributed by atoms with Crippen LogP contribution in [0.5, 0.6) is 0 Å². The third-order valence-corrected chi connectivity index (χ3v) is 6.48. The minimum absolute atomic E-state index is 0.0411. The molecule has 1 atom stereocenters. The summed E-state index contributed by atoms with van der Waals surface area (Å²) >= 11 is 7.69. The van der Waals surface area contributed by atoms with Crippen LogP contribution >= 0.6 is 23.4 Å². The molecule has 0 aliphatic carbocycles. The fourth-order valence-corrected chi connectivity index (χ4v) is 4.54. The number of rotatable bonds is 11. The van der Waals surface area contributed by atoms with Crippen molar-refractivity contribution in [2.45, 2.75) is 37.2 Å². The molecule has 1 N–H and O–H groups in total. The Hall–Kier alpha value is -2.76. The zero-order chi connectivity index (χ0) is 23.5. The standard InChI is InChI=1S/C27H29ClN2O2S/c1-2-29-27(32)25(19-21-9-5-3-6-10-21)30(20-22-13-15-23(28)16-14-22)26(31)17-18-33-24-11-7-4-8-12-24/h3-16,25H,2,17-20H2,1H3,(H,29,32). The van der Waals surface area contributed by atoms with E-state index in [0.717, 1.165) is 16.0 Å². The molecular weight excluding hydrogens is 452 g/mol. The quantitative estimate of drug-likeness (QED) is 0.363. The van der Waals surface area contributed by atoms with Crippen LogP contribution < -0.4 is 5.32 Å². The summed E-state index contributed by atoms with van der Waals surface area (Å²) in [5.74, 6) is 0.466. The van der Waals surface area contributed by atoms with Crippen LogP contribution in [-0.2, 0) is 22.6 Å². The predicted octanol–water partition coefficient (Wildman–Crippen LogP) is 5.60. The molecule has 3 aromatic rings. The molecule has 4 nitrogen and oxygen atoms in total. The molecule has 2 amide bonds. The lowest BCUT2D eigenvalue weighted by molar-refractivity contribution is -0.140. The van der Waals surface area contributed by atoms with Crippen LogP contribution in [0.3, 0.4) is 0 Å². The molecule has 0 aliphatic heterocycles. The van der Waals surface area contributed by atoms with E-state index < -0.39 is 6.04 Å². The van der Waals surface area contributed by atoms with Gasteiger partial charge in [-0.05, 0) is 42.3 Å². The SMILES string of the molecule is CCNC(=O)C(Cc1ccccc1)N(Cc1ccc(Cl)cc1)C(=O)CCSc1ccccc1. The van der Waals surface area contributed by atoms with Crippen LogP contribution in [0, 0.1) is 0 Å². The number of benzene rings is 3. The third-order valence-electron chi connectivity index (χ3n) is 5.22. The highest BCUT2D eigenvalue weighted by Crippen LogP contribution is 2.21. The van der Waals surface area contributed by atoms with Crippen LogP contribution in [-0.4, -0.2) is 35.1 Å². The van der Waals surface area contributed by atoms with Crippen molar-refractivity contribution in [3.05, 3.63) is 101 Å². The van der Waals surface area contributed by atoms with Gasteiger partial charge in [0.15, 0.2) is 0 Å². The minimum atomic E-state index is -0.600. The second kappa shape index (κ2) is 13.1. The van der Waals surface area contributed by atoms with Gasteiger partial charge < -0.3 is 10.2 Å². The first-order valence-corrected chi connectivity index (χ1v) is 12.5. The maximum absolute atomic E-state index is 13.5. The van der Waals surface area contributed by atoms with Crippen molar-refractivity contribution in [1.82, 2.24) is 10.2 Å². The van der Waals surface area contributed by atoms with E-state index in [0.29, 0.717) is 36.7 Å². The summed E-state index contributed by atoms with van der Waals surface area (Å²) in [6, 6.07) is 26.7. The molecule has 0 spiro atoms. The number of nitrogens with zero attached hydrogens (tertiary/aromatic N) is 1. The molecule has 0 radical (unpaired) electrons. The molecule has 0 saturated carbocycles. The Morgan fingerprint density at radius 2 is 1.55 bits per heavy atom. The number of carbonyl (C=O) groups excluding carboxylic acids is 2. The molecule has 0 heterocycles. The molecule has 33 heavy (non-hydrogen) atoms. The average Bonchev–Trinajstić information content (AvgIpc) is 2.84. The molecule has 172 valence electrons. The van der Waals surface area contributed by atoms with Crippen molar-refractivity contribution in [1.29, 1.82) is 0 Å². The normalized spacial score (nSPS) is 11.6. The van der Waals surface area contributed by atoms with E-state index >= 15 is 0 Å². The Morgan fingerprint density at radius 3 is 2.18 bits per heavy atom. The molecule has 3 rings (SSSR count). The first-order chi connectivity index (χ1) is 16.1. The van der Waals surface area contributed by atoms with Crippen LogP contribution in [0.15, 0.2) is 89.8 Å². The summed E-state index contributed by atoms with van der Waals surface area (Å²) in [5.41, 5.74) is 1.95. The summed E-state index contributed by atoms with van der Waals surface area (Å²) < 4.78 is 0. The van der Waals surface area contributed by atoms with Crippen molar-refractivity contribution in [3.63, 3.8) is 0 Å². The van der Waals surface area contributed by atoms with Gasteiger partial charge in [0.1, 0.15) is 6.04 Å². The van der Waals surface area contributed by atoms with Crippen molar-refractivity contribution < 1.29 is 9.59 Å². The van der Waals surface area contributed by atoms with Gasteiger partial charge in [0.05, 0.1) is 0 Å². The van der Waals surface area contributed by atoms with Gasteiger partial charge in [-0.25, -0.2) is 0 Å². The van der Waals surface area contributed by atoms with Gasteiger partial charge in [0, 0.05) is 41.6 Å². The van der Waals surface area contributed by atoms with Crippen LogP contribution in [0.25, 0.3) is 0 Å². The molecule has 0 aliphatic rings.